The van der Waals surface area contributed by atoms with Gasteiger partial charge in [0.25, 0.3) is 0 Å². The fourth-order valence-corrected chi connectivity index (χ4v) is 6.82. The molecular formula is C30H42ClN3O6. The Morgan fingerprint density at radius 3 is 2.45 bits per heavy atom. The van der Waals surface area contributed by atoms with Gasteiger partial charge in [-0.2, -0.15) is 0 Å². The molecule has 0 radical (unpaired) electrons. The van der Waals surface area contributed by atoms with E-state index in [2.05, 4.69) is 16.0 Å². The maximum absolute atomic E-state index is 13.5. The first-order valence-electron chi connectivity index (χ1n) is 14.7. The maximum Gasteiger partial charge on any atom is 0.408 e. The van der Waals surface area contributed by atoms with Gasteiger partial charge in [0.15, 0.2) is 5.78 Å². The Morgan fingerprint density at radius 1 is 1.02 bits per heavy atom. The van der Waals surface area contributed by atoms with Gasteiger partial charge >= 0.3 is 6.09 Å². The van der Waals surface area contributed by atoms with Crippen LogP contribution in [0.5, 0.6) is 0 Å². The molecule has 1 heterocycles. The minimum absolute atomic E-state index is 0.00563. The summed E-state index contributed by atoms with van der Waals surface area (Å²) < 4.78 is 5.36. The number of aliphatic hydroxyl groups excluding tert-OH is 1. The zero-order chi connectivity index (χ0) is 28.5. The van der Waals surface area contributed by atoms with E-state index in [-0.39, 0.29) is 30.4 Å². The first-order chi connectivity index (χ1) is 19.3. The number of carbonyl (C=O) groups excluding carboxylic acids is 4. The Bertz CT molecular complexity index is 1050. The number of alkyl carbamates (subject to hydrolysis) is 1. The minimum atomic E-state index is -1.02. The number of hydrogen-bond donors (Lipinski definition) is 4. The van der Waals surface area contributed by atoms with E-state index in [9.17, 15) is 24.3 Å². The molecule has 1 saturated heterocycles. The largest absolute Gasteiger partial charge is 0.445 e. The highest BCUT2D eigenvalue weighted by Gasteiger charge is 2.45. The molecule has 1 spiro atoms. The van der Waals surface area contributed by atoms with E-state index in [0.717, 1.165) is 69.8 Å². The second-order valence-corrected chi connectivity index (χ2v) is 12.2. The van der Waals surface area contributed by atoms with E-state index in [1.807, 2.05) is 0 Å². The molecule has 40 heavy (non-hydrogen) atoms. The van der Waals surface area contributed by atoms with Crippen molar-refractivity contribution in [3.05, 3.63) is 34.9 Å². The minimum Gasteiger partial charge on any atom is -0.445 e. The topological polar surface area (TPSA) is 134 Å². The monoisotopic (exact) mass is 575 g/mol. The number of hydrogen-bond acceptors (Lipinski definition) is 6. The molecule has 4 rings (SSSR count). The highest BCUT2D eigenvalue weighted by molar-refractivity contribution is 6.30. The molecule has 2 saturated carbocycles. The van der Waals surface area contributed by atoms with Crippen molar-refractivity contribution in [1.82, 2.24) is 16.0 Å². The first kappa shape index (κ1) is 30.3. The fraction of sp³-hybridized carbons (Fsp3) is 0.667. The molecule has 3 amide bonds. The standard InChI is InChI=1S/C30H42ClN3O6/c31-23-11-7-10-21(14-23)19-40-29(39)33-25(15-20-8-3-1-4-9-20)28(38)32-24(26(36)18-35)16-22-17-30(34-27(22)37)12-5-2-6-13-30/h7,10-11,14,20,22,24-25,35H,1-6,8-9,12-13,15-19H2,(H,32,38)(H,33,39)(H,34,37)/t22?,24-,25-/m0/s1. The predicted octanol–water partition coefficient (Wildman–Crippen LogP) is 4.18. The summed E-state index contributed by atoms with van der Waals surface area (Å²) in [5.41, 5.74) is 0.490. The highest BCUT2D eigenvalue weighted by Crippen LogP contribution is 2.39. The third-order valence-corrected chi connectivity index (χ3v) is 8.98. The molecule has 220 valence electrons. The van der Waals surface area contributed by atoms with Crippen LogP contribution in [0.2, 0.25) is 5.02 Å². The Kier molecular flexibility index (Phi) is 10.8. The molecular weight excluding hydrogens is 534 g/mol. The number of carbonyl (C=O) groups is 4. The Labute approximate surface area is 241 Å². The molecule has 10 heteroatoms. The predicted molar refractivity (Wildman–Crippen MR) is 150 cm³/mol. The summed E-state index contributed by atoms with van der Waals surface area (Å²) >= 11 is 6.01. The molecule has 3 aliphatic rings. The SMILES string of the molecule is O=C(N[C@@H](CC1CCCCC1)C(=O)N[C@@H](CC1CC2(CCCCC2)NC1=O)C(=O)CO)OCc1cccc(Cl)c1. The van der Waals surface area contributed by atoms with E-state index in [4.69, 9.17) is 16.3 Å². The van der Waals surface area contributed by atoms with E-state index in [0.29, 0.717) is 17.9 Å². The lowest BCUT2D eigenvalue weighted by atomic mass is 9.78. The number of amides is 3. The van der Waals surface area contributed by atoms with Gasteiger partial charge in [-0.15, -0.1) is 0 Å². The van der Waals surface area contributed by atoms with Crippen LogP contribution in [0.1, 0.15) is 89.0 Å². The lowest BCUT2D eigenvalue weighted by Crippen LogP contribution is -2.53. The average molecular weight is 576 g/mol. The molecule has 1 aliphatic heterocycles. The van der Waals surface area contributed by atoms with Crippen molar-refractivity contribution in [2.75, 3.05) is 6.61 Å². The molecule has 2 aliphatic carbocycles. The van der Waals surface area contributed by atoms with E-state index < -0.39 is 42.4 Å². The fourth-order valence-electron chi connectivity index (χ4n) is 6.61. The number of Topliss-reactive ketones (excluding diaryl/α,β-unsaturated/α-hetero) is 1. The number of aliphatic hydroxyl groups is 1. The molecule has 3 atom stereocenters. The number of benzene rings is 1. The van der Waals surface area contributed by atoms with Crippen LogP contribution in [-0.2, 0) is 25.7 Å². The highest BCUT2D eigenvalue weighted by atomic mass is 35.5. The smallest absolute Gasteiger partial charge is 0.408 e. The summed E-state index contributed by atoms with van der Waals surface area (Å²) in [6, 6.07) is 5.04. The normalized spacial score (nSPS) is 22.2. The zero-order valence-electron chi connectivity index (χ0n) is 23.1. The van der Waals surface area contributed by atoms with Crippen molar-refractivity contribution in [2.24, 2.45) is 11.8 Å². The summed E-state index contributed by atoms with van der Waals surface area (Å²) in [6.07, 6.45) is 10.8. The maximum atomic E-state index is 13.5. The van der Waals surface area contributed by atoms with Crippen LogP contribution in [0.15, 0.2) is 24.3 Å². The van der Waals surface area contributed by atoms with Crippen LogP contribution in [0, 0.1) is 11.8 Å². The van der Waals surface area contributed by atoms with Crippen LogP contribution < -0.4 is 16.0 Å². The third kappa shape index (κ3) is 8.43. The van der Waals surface area contributed by atoms with Gasteiger partial charge in [0.05, 0.1) is 6.04 Å². The van der Waals surface area contributed by atoms with Gasteiger partial charge in [-0.3, -0.25) is 14.4 Å². The number of rotatable bonds is 11. The Balaban J connectivity index is 1.40. The van der Waals surface area contributed by atoms with Crippen molar-refractivity contribution in [3.8, 4) is 0 Å². The summed E-state index contributed by atoms with van der Waals surface area (Å²) in [4.78, 5) is 51.8. The van der Waals surface area contributed by atoms with Crippen molar-refractivity contribution in [2.45, 2.75) is 108 Å². The van der Waals surface area contributed by atoms with E-state index in [1.54, 1.807) is 24.3 Å². The van der Waals surface area contributed by atoms with Gasteiger partial charge < -0.3 is 25.8 Å². The van der Waals surface area contributed by atoms with E-state index >= 15 is 0 Å². The molecule has 1 aromatic rings. The summed E-state index contributed by atoms with van der Waals surface area (Å²) in [5, 5.41) is 18.8. The number of ether oxygens (including phenoxy) is 1. The van der Waals surface area contributed by atoms with Crippen LogP contribution in [0.3, 0.4) is 0 Å². The lowest BCUT2D eigenvalue weighted by Gasteiger charge is -2.33. The van der Waals surface area contributed by atoms with Crippen LogP contribution in [0.4, 0.5) is 4.79 Å². The second kappa shape index (κ2) is 14.3. The first-order valence-corrected chi connectivity index (χ1v) is 15.1. The van der Waals surface area contributed by atoms with Gasteiger partial charge in [-0.1, -0.05) is 75.1 Å². The number of halogens is 1. The summed E-state index contributed by atoms with van der Waals surface area (Å²) in [6.45, 7) is -0.749. The van der Waals surface area contributed by atoms with Gasteiger partial charge in [0, 0.05) is 16.5 Å². The van der Waals surface area contributed by atoms with Crippen LogP contribution in [0.25, 0.3) is 0 Å². The Morgan fingerprint density at radius 2 is 1.75 bits per heavy atom. The average Bonchev–Trinajstić information content (AvgIpc) is 3.24. The van der Waals surface area contributed by atoms with Crippen molar-refractivity contribution in [1.29, 1.82) is 0 Å². The van der Waals surface area contributed by atoms with Crippen molar-refractivity contribution < 1.29 is 29.0 Å². The van der Waals surface area contributed by atoms with Gasteiger partial charge in [0.2, 0.25) is 11.8 Å². The molecule has 1 unspecified atom stereocenters. The zero-order valence-corrected chi connectivity index (χ0v) is 23.8. The van der Waals surface area contributed by atoms with E-state index in [1.165, 1.54) is 0 Å². The van der Waals surface area contributed by atoms with Gasteiger partial charge in [-0.05, 0) is 55.7 Å². The number of nitrogens with one attached hydrogen (secondary N) is 3. The van der Waals surface area contributed by atoms with Crippen molar-refractivity contribution in [3.63, 3.8) is 0 Å². The number of ketones is 1. The quantitative estimate of drug-likeness (QED) is 0.313. The van der Waals surface area contributed by atoms with Gasteiger partial charge in [-0.25, -0.2) is 4.79 Å². The van der Waals surface area contributed by atoms with Crippen molar-refractivity contribution >= 4 is 35.3 Å². The van der Waals surface area contributed by atoms with Crippen LogP contribution >= 0.6 is 11.6 Å². The summed E-state index contributed by atoms with van der Waals surface area (Å²) in [7, 11) is 0. The Hall–Kier alpha value is -2.65. The summed E-state index contributed by atoms with van der Waals surface area (Å²) in [5.74, 6) is -1.33. The molecule has 1 aromatic carbocycles. The molecule has 4 N–H and O–H groups in total. The molecule has 0 bridgehead atoms. The van der Waals surface area contributed by atoms with Gasteiger partial charge in [0.1, 0.15) is 19.3 Å². The lowest BCUT2D eigenvalue weighted by molar-refractivity contribution is -0.131. The van der Waals surface area contributed by atoms with Crippen LogP contribution in [-0.4, -0.2) is 53.0 Å². The third-order valence-electron chi connectivity index (χ3n) is 8.75. The second-order valence-electron chi connectivity index (χ2n) is 11.8. The molecule has 0 aromatic heterocycles. The molecule has 3 fully saturated rings. The molecule has 9 nitrogen and oxygen atoms in total.